The molecule has 0 radical (unpaired) electrons. The third-order valence-electron chi connectivity index (χ3n) is 3.52. The highest BCUT2D eigenvalue weighted by molar-refractivity contribution is 7.87. The summed E-state index contributed by atoms with van der Waals surface area (Å²) in [5.74, 6) is -0.710. The summed E-state index contributed by atoms with van der Waals surface area (Å²) in [5, 5.41) is 7.52. The Morgan fingerprint density at radius 2 is 1.92 bits per heavy atom. The Bertz CT molecular complexity index is 882. The maximum absolute atomic E-state index is 12.0. The van der Waals surface area contributed by atoms with Crippen molar-refractivity contribution in [3.63, 3.8) is 0 Å². The monoisotopic (exact) mass is 384 g/mol. The van der Waals surface area contributed by atoms with Gasteiger partial charge in [-0.2, -0.15) is 22.8 Å². The smallest absolute Gasteiger partial charge is 0.303 e. The lowest BCUT2D eigenvalue weighted by Crippen LogP contribution is -2.39. The number of anilines is 2. The molecule has 10 nitrogen and oxygen atoms in total. The first kappa shape index (κ1) is 19.9. The van der Waals surface area contributed by atoms with Crippen molar-refractivity contribution in [3.05, 3.63) is 23.8 Å². The van der Waals surface area contributed by atoms with Gasteiger partial charge in [0, 0.05) is 26.3 Å². The number of aromatic nitrogens is 3. The van der Waals surface area contributed by atoms with Gasteiger partial charge in [-0.3, -0.25) is 9.48 Å². The summed E-state index contributed by atoms with van der Waals surface area (Å²) in [6.45, 7) is 8.05. The quantitative estimate of drug-likeness (QED) is 0.747. The zero-order chi connectivity index (χ0) is 19.6. The average Bonchev–Trinajstić information content (AvgIpc) is 3.14. The van der Waals surface area contributed by atoms with Crippen LogP contribution < -0.4 is 10.0 Å². The van der Waals surface area contributed by atoms with Crippen LogP contribution in [0.1, 0.15) is 55.8 Å². The zero-order valence-electron chi connectivity index (χ0n) is 15.6. The van der Waals surface area contributed by atoms with E-state index in [4.69, 9.17) is 4.42 Å². The molecule has 2 aromatic heterocycles. The Morgan fingerprint density at radius 3 is 2.46 bits per heavy atom. The summed E-state index contributed by atoms with van der Waals surface area (Å²) in [6, 6.07) is 0.257. The number of rotatable bonds is 7. The molecule has 0 saturated carbocycles. The first-order valence-electron chi connectivity index (χ1n) is 8.07. The number of amides is 1. The predicted molar refractivity (Wildman–Crippen MR) is 96.6 cm³/mol. The Hall–Kier alpha value is -2.40. The van der Waals surface area contributed by atoms with Crippen LogP contribution in [0.3, 0.4) is 0 Å². The standard InChI is InChI=1S/C15H24N6O4S/c1-9(2)13-11(7-21(18-13)10(3)4)16-15-17-12(8-25-15)14(22)19-26(23,24)20(5)6/h7-10H,1-6H3,(H,16,17)(H,19,22). The van der Waals surface area contributed by atoms with Crippen molar-refractivity contribution in [2.45, 2.75) is 39.7 Å². The molecule has 0 atom stereocenters. The first-order chi connectivity index (χ1) is 12.0. The highest BCUT2D eigenvalue weighted by Crippen LogP contribution is 2.27. The molecule has 0 unspecified atom stereocenters. The van der Waals surface area contributed by atoms with Crippen LogP contribution >= 0.6 is 0 Å². The molecule has 144 valence electrons. The molecule has 2 aromatic rings. The van der Waals surface area contributed by atoms with Gasteiger partial charge in [-0.25, -0.2) is 4.72 Å². The summed E-state index contributed by atoms with van der Waals surface area (Å²) in [6.07, 6.45) is 2.92. The van der Waals surface area contributed by atoms with Crippen molar-refractivity contribution in [1.82, 2.24) is 23.8 Å². The van der Waals surface area contributed by atoms with Crippen molar-refractivity contribution < 1.29 is 17.6 Å². The lowest BCUT2D eigenvalue weighted by atomic mass is 10.1. The second-order valence-electron chi connectivity index (χ2n) is 6.54. The molecule has 0 aliphatic carbocycles. The zero-order valence-corrected chi connectivity index (χ0v) is 16.5. The highest BCUT2D eigenvalue weighted by Gasteiger charge is 2.22. The topological polar surface area (TPSA) is 122 Å². The van der Waals surface area contributed by atoms with Crippen molar-refractivity contribution >= 4 is 27.8 Å². The molecule has 0 saturated heterocycles. The highest BCUT2D eigenvalue weighted by atomic mass is 32.2. The number of carbonyl (C=O) groups excluding carboxylic acids is 1. The van der Waals surface area contributed by atoms with Gasteiger partial charge in [0.1, 0.15) is 6.26 Å². The largest absolute Gasteiger partial charge is 0.431 e. The number of hydrogen-bond donors (Lipinski definition) is 2. The van der Waals surface area contributed by atoms with Crippen LogP contribution in [0.15, 0.2) is 16.9 Å². The third kappa shape index (κ3) is 4.41. The third-order valence-corrected chi connectivity index (χ3v) is 4.92. The van der Waals surface area contributed by atoms with Gasteiger partial charge in [0.2, 0.25) is 0 Å². The Morgan fingerprint density at radius 1 is 1.27 bits per heavy atom. The van der Waals surface area contributed by atoms with Crippen LogP contribution in [0.5, 0.6) is 0 Å². The Balaban J connectivity index is 2.20. The van der Waals surface area contributed by atoms with E-state index in [1.54, 1.807) is 0 Å². The van der Waals surface area contributed by atoms with E-state index in [1.165, 1.54) is 14.1 Å². The molecule has 2 heterocycles. The van der Waals surface area contributed by atoms with Gasteiger partial charge in [0.15, 0.2) is 5.69 Å². The summed E-state index contributed by atoms with van der Waals surface area (Å²) in [5.41, 5.74) is 1.39. The van der Waals surface area contributed by atoms with Crippen molar-refractivity contribution in [1.29, 1.82) is 0 Å². The van der Waals surface area contributed by atoms with Gasteiger partial charge in [-0.15, -0.1) is 0 Å². The van der Waals surface area contributed by atoms with Gasteiger partial charge < -0.3 is 9.73 Å². The van der Waals surface area contributed by atoms with Crippen molar-refractivity contribution in [2.75, 3.05) is 19.4 Å². The molecule has 0 spiro atoms. The normalized spacial score (nSPS) is 12.2. The summed E-state index contributed by atoms with van der Waals surface area (Å²) < 4.78 is 33.3. The number of nitrogens with one attached hydrogen (secondary N) is 2. The molecule has 11 heteroatoms. The number of hydrogen-bond acceptors (Lipinski definition) is 7. The van der Waals surface area contributed by atoms with Crippen LogP contribution in [0.2, 0.25) is 0 Å². The van der Waals surface area contributed by atoms with Gasteiger partial charge in [-0.1, -0.05) is 13.8 Å². The van der Waals surface area contributed by atoms with Gasteiger partial charge in [0.25, 0.3) is 11.9 Å². The molecule has 0 aliphatic rings. The second kappa shape index (κ2) is 7.46. The number of nitrogens with zero attached hydrogens (tertiary/aromatic N) is 4. The molecule has 0 bridgehead atoms. The minimum absolute atomic E-state index is 0.0719. The Labute approximate surface area is 152 Å². The maximum Gasteiger partial charge on any atom is 0.303 e. The number of oxazole rings is 1. The molecule has 1 amide bonds. The summed E-state index contributed by atoms with van der Waals surface area (Å²) >= 11 is 0. The van der Waals surface area contributed by atoms with E-state index in [0.717, 1.165) is 16.3 Å². The van der Waals surface area contributed by atoms with E-state index in [-0.39, 0.29) is 23.7 Å². The molecule has 0 fully saturated rings. The fourth-order valence-electron chi connectivity index (χ4n) is 2.00. The van der Waals surface area contributed by atoms with E-state index in [0.29, 0.717) is 5.69 Å². The van der Waals surface area contributed by atoms with Gasteiger partial charge >= 0.3 is 10.2 Å². The average molecular weight is 384 g/mol. The van der Waals surface area contributed by atoms with Gasteiger partial charge in [0.05, 0.1) is 11.4 Å². The fourth-order valence-corrected chi connectivity index (χ4v) is 2.53. The summed E-state index contributed by atoms with van der Waals surface area (Å²) in [4.78, 5) is 16.0. The number of carbonyl (C=O) groups is 1. The fraction of sp³-hybridized carbons (Fsp3) is 0.533. The minimum atomic E-state index is -3.90. The SMILES string of the molecule is CC(C)c1nn(C(C)C)cc1Nc1nc(C(=O)NS(=O)(=O)N(C)C)co1. The van der Waals surface area contributed by atoms with Crippen LogP contribution in [0, 0.1) is 0 Å². The van der Waals surface area contributed by atoms with E-state index >= 15 is 0 Å². The molecular weight excluding hydrogens is 360 g/mol. The summed E-state index contributed by atoms with van der Waals surface area (Å²) in [7, 11) is -1.28. The molecule has 0 aliphatic heterocycles. The lowest BCUT2D eigenvalue weighted by molar-refractivity contribution is 0.0975. The van der Waals surface area contributed by atoms with Gasteiger partial charge in [-0.05, 0) is 19.8 Å². The van der Waals surface area contributed by atoms with E-state index in [9.17, 15) is 13.2 Å². The minimum Gasteiger partial charge on any atom is -0.431 e. The molecule has 2 N–H and O–H groups in total. The maximum atomic E-state index is 12.0. The Kier molecular flexibility index (Phi) is 5.71. The molecular formula is C15H24N6O4S. The molecule has 0 aromatic carbocycles. The van der Waals surface area contributed by atoms with Crippen molar-refractivity contribution in [3.8, 4) is 0 Å². The van der Waals surface area contributed by atoms with Crippen LogP contribution in [-0.2, 0) is 10.2 Å². The molecule has 26 heavy (non-hydrogen) atoms. The van der Waals surface area contributed by atoms with Crippen LogP contribution in [0.25, 0.3) is 0 Å². The van der Waals surface area contributed by atoms with E-state index < -0.39 is 16.1 Å². The lowest BCUT2D eigenvalue weighted by Gasteiger charge is -2.10. The van der Waals surface area contributed by atoms with Crippen LogP contribution in [-0.4, -0.2) is 47.5 Å². The second-order valence-corrected chi connectivity index (χ2v) is 8.42. The predicted octanol–water partition coefficient (Wildman–Crippen LogP) is 1.86. The van der Waals surface area contributed by atoms with Crippen LogP contribution in [0.4, 0.5) is 11.7 Å². The van der Waals surface area contributed by atoms with E-state index in [1.807, 2.05) is 43.3 Å². The van der Waals surface area contributed by atoms with E-state index in [2.05, 4.69) is 15.4 Å². The van der Waals surface area contributed by atoms with Crippen molar-refractivity contribution in [2.24, 2.45) is 0 Å². The molecule has 2 rings (SSSR count). The first-order valence-corrected chi connectivity index (χ1v) is 9.51.